The van der Waals surface area contributed by atoms with E-state index in [2.05, 4.69) is 21.9 Å². The maximum atomic E-state index is 9.14. The van der Waals surface area contributed by atoms with Gasteiger partial charge in [0.1, 0.15) is 11.8 Å². The molecule has 0 bridgehead atoms. The van der Waals surface area contributed by atoms with Crippen LogP contribution in [0.25, 0.3) is 11.2 Å². The molecule has 0 amide bonds. The van der Waals surface area contributed by atoms with Crippen LogP contribution in [0.4, 0.5) is 5.82 Å². The van der Waals surface area contributed by atoms with E-state index in [0.29, 0.717) is 17.3 Å². The molecule has 17 heavy (non-hydrogen) atoms. The van der Waals surface area contributed by atoms with E-state index < -0.39 is 0 Å². The lowest BCUT2D eigenvalue weighted by Crippen LogP contribution is -2.09. The molecule has 2 heterocycles. The van der Waals surface area contributed by atoms with Gasteiger partial charge in [0.25, 0.3) is 0 Å². The predicted octanol–water partition coefficient (Wildman–Crippen LogP) is 0.817. The van der Waals surface area contributed by atoms with Gasteiger partial charge in [-0.1, -0.05) is 13.3 Å². The SMILES string of the molecule is CC[C@@H](CO)CCn1cnc2c(N)ncnc21. The van der Waals surface area contributed by atoms with Crippen molar-refractivity contribution < 1.29 is 5.11 Å². The van der Waals surface area contributed by atoms with Crippen molar-refractivity contribution in [2.45, 2.75) is 26.3 Å². The number of hydrogen-bond acceptors (Lipinski definition) is 5. The Bertz CT molecular complexity index is 492. The summed E-state index contributed by atoms with van der Waals surface area (Å²) in [6, 6.07) is 0. The highest BCUT2D eigenvalue weighted by atomic mass is 16.3. The number of nitrogens with zero attached hydrogens (tertiary/aromatic N) is 4. The average molecular weight is 235 g/mol. The van der Waals surface area contributed by atoms with Gasteiger partial charge in [-0.2, -0.15) is 0 Å². The normalized spacial score (nSPS) is 13.1. The largest absolute Gasteiger partial charge is 0.396 e. The van der Waals surface area contributed by atoms with Crippen LogP contribution in [0, 0.1) is 5.92 Å². The molecule has 0 aromatic carbocycles. The monoisotopic (exact) mass is 235 g/mol. The lowest BCUT2D eigenvalue weighted by molar-refractivity contribution is 0.210. The predicted molar refractivity (Wildman–Crippen MR) is 65.2 cm³/mol. The number of hydrogen-bond donors (Lipinski definition) is 2. The molecule has 6 nitrogen and oxygen atoms in total. The Morgan fingerprint density at radius 2 is 2.24 bits per heavy atom. The summed E-state index contributed by atoms with van der Waals surface area (Å²) in [6.45, 7) is 3.08. The summed E-state index contributed by atoms with van der Waals surface area (Å²) in [7, 11) is 0. The van der Waals surface area contributed by atoms with Gasteiger partial charge in [-0.15, -0.1) is 0 Å². The van der Waals surface area contributed by atoms with Crippen molar-refractivity contribution in [1.29, 1.82) is 0 Å². The topological polar surface area (TPSA) is 89.8 Å². The maximum absolute atomic E-state index is 9.14. The van der Waals surface area contributed by atoms with Gasteiger partial charge in [-0.25, -0.2) is 15.0 Å². The third-order valence-electron chi connectivity index (χ3n) is 3.04. The molecular weight excluding hydrogens is 218 g/mol. The van der Waals surface area contributed by atoms with Crippen molar-refractivity contribution in [2.24, 2.45) is 5.92 Å². The fourth-order valence-electron chi connectivity index (χ4n) is 1.81. The van der Waals surface area contributed by atoms with Crippen molar-refractivity contribution in [3.8, 4) is 0 Å². The van der Waals surface area contributed by atoms with Gasteiger partial charge in [0.2, 0.25) is 0 Å². The van der Waals surface area contributed by atoms with E-state index in [0.717, 1.165) is 25.0 Å². The number of aromatic nitrogens is 4. The van der Waals surface area contributed by atoms with Gasteiger partial charge >= 0.3 is 0 Å². The lowest BCUT2D eigenvalue weighted by Gasteiger charge is -2.11. The second-order valence-corrected chi connectivity index (χ2v) is 4.11. The summed E-state index contributed by atoms with van der Waals surface area (Å²) in [5.41, 5.74) is 7.11. The number of rotatable bonds is 5. The Labute approximate surface area is 99.5 Å². The van der Waals surface area contributed by atoms with Crippen LogP contribution < -0.4 is 5.73 Å². The van der Waals surface area contributed by atoms with Gasteiger partial charge < -0.3 is 15.4 Å². The Morgan fingerprint density at radius 3 is 2.94 bits per heavy atom. The molecule has 0 aliphatic heterocycles. The summed E-state index contributed by atoms with van der Waals surface area (Å²) >= 11 is 0. The van der Waals surface area contributed by atoms with Crippen LogP contribution >= 0.6 is 0 Å². The first kappa shape index (κ1) is 11.8. The van der Waals surface area contributed by atoms with E-state index in [-0.39, 0.29) is 6.61 Å². The minimum Gasteiger partial charge on any atom is -0.396 e. The second kappa shape index (κ2) is 5.09. The molecule has 0 unspecified atom stereocenters. The summed E-state index contributed by atoms with van der Waals surface area (Å²) in [5.74, 6) is 0.731. The number of aliphatic hydroxyl groups is 1. The van der Waals surface area contributed by atoms with Crippen LogP contribution in [0.5, 0.6) is 0 Å². The summed E-state index contributed by atoms with van der Waals surface area (Å²) in [4.78, 5) is 12.3. The molecule has 0 saturated carbocycles. The molecule has 2 rings (SSSR count). The zero-order valence-electron chi connectivity index (χ0n) is 9.87. The Hall–Kier alpha value is -1.69. The molecule has 92 valence electrons. The van der Waals surface area contributed by atoms with Crippen LogP contribution in [0.2, 0.25) is 0 Å². The van der Waals surface area contributed by atoms with Crippen LogP contribution in [0.1, 0.15) is 19.8 Å². The first-order valence-corrected chi connectivity index (χ1v) is 5.78. The highest BCUT2D eigenvalue weighted by molar-refractivity contribution is 5.80. The maximum Gasteiger partial charge on any atom is 0.165 e. The van der Waals surface area contributed by atoms with Crippen molar-refractivity contribution in [2.75, 3.05) is 12.3 Å². The standard InChI is InChI=1S/C11H17N5O/c1-2-8(5-17)3-4-16-7-15-9-10(12)13-6-14-11(9)16/h6-8,17H,2-5H2,1H3,(H2,12,13,14)/t8-/m1/s1. The van der Waals surface area contributed by atoms with E-state index in [1.807, 2.05) is 4.57 Å². The van der Waals surface area contributed by atoms with Gasteiger partial charge in [0.15, 0.2) is 11.5 Å². The first-order chi connectivity index (χ1) is 8.26. The Morgan fingerprint density at radius 1 is 1.41 bits per heavy atom. The van der Waals surface area contributed by atoms with Crippen LogP contribution in [-0.4, -0.2) is 31.2 Å². The minimum absolute atomic E-state index is 0.222. The van der Waals surface area contributed by atoms with Gasteiger partial charge in [0.05, 0.1) is 6.33 Å². The third kappa shape index (κ3) is 2.36. The van der Waals surface area contributed by atoms with Crippen molar-refractivity contribution in [3.05, 3.63) is 12.7 Å². The second-order valence-electron chi connectivity index (χ2n) is 4.11. The Kier molecular flexibility index (Phi) is 3.53. The van der Waals surface area contributed by atoms with Crippen LogP contribution in [0.15, 0.2) is 12.7 Å². The zero-order chi connectivity index (χ0) is 12.3. The minimum atomic E-state index is 0.222. The molecule has 0 aliphatic carbocycles. The molecule has 2 aromatic heterocycles. The van der Waals surface area contributed by atoms with Gasteiger partial charge in [0, 0.05) is 13.2 Å². The highest BCUT2D eigenvalue weighted by Gasteiger charge is 2.09. The van der Waals surface area contributed by atoms with E-state index in [1.54, 1.807) is 6.33 Å². The number of anilines is 1. The van der Waals surface area contributed by atoms with Crippen molar-refractivity contribution >= 4 is 17.0 Å². The number of fused-ring (bicyclic) bond motifs is 1. The van der Waals surface area contributed by atoms with Gasteiger partial charge in [-0.3, -0.25) is 0 Å². The smallest absolute Gasteiger partial charge is 0.165 e. The molecule has 0 aliphatic rings. The third-order valence-corrected chi connectivity index (χ3v) is 3.04. The summed E-state index contributed by atoms with van der Waals surface area (Å²) in [5, 5.41) is 9.14. The number of imidazole rings is 1. The molecule has 2 aromatic rings. The molecule has 3 N–H and O–H groups in total. The number of nitrogen functional groups attached to an aromatic ring is 1. The number of aryl methyl sites for hydroxylation is 1. The first-order valence-electron chi connectivity index (χ1n) is 5.78. The zero-order valence-corrected chi connectivity index (χ0v) is 9.87. The molecule has 1 atom stereocenters. The summed E-state index contributed by atoms with van der Waals surface area (Å²) in [6.07, 6.45) is 5.04. The molecule has 0 fully saturated rings. The van der Waals surface area contributed by atoms with Crippen LogP contribution in [0.3, 0.4) is 0 Å². The molecule has 6 heteroatoms. The Balaban J connectivity index is 2.17. The number of aliphatic hydroxyl groups excluding tert-OH is 1. The van der Waals surface area contributed by atoms with E-state index >= 15 is 0 Å². The van der Waals surface area contributed by atoms with Crippen molar-refractivity contribution in [3.63, 3.8) is 0 Å². The molecule has 0 spiro atoms. The van der Waals surface area contributed by atoms with Crippen molar-refractivity contribution in [1.82, 2.24) is 19.5 Å². The van der Waals surface area contributed by atoms with Crippen LogP contribution in [-0.2, 0) is 6.54 Å². The molecular formula is C11H17N5O. The average Bonchev–Trinajstić information content (AvgIpc) is 2.75. The van der Waals surface area contributed by atoms with E-state index in [1.165, 1.54) is 6.33 Å². The van der Waals surface area contributed by atoms with E-state index in [4.69, 9.17) is 10.8 Å². The quantitative estimate of drug-likeness (QED) is 0.800. The fraction of sp³-hybridized carbons (Fsp3) is 0.545. The summed E-state index contributed by atoms with van der Waals surface area (Å²) < 4.78 is 1.95. The van der Waals surface area contributed by atoms with E-state index in [9.17, 15) is 0 Å². The van der Waals surface area contributed by atoms with Gasteiger partial charge in [-0.05, 0) is 12.3 Å². The number of nitrogens with two attached hydrogens (primary N) is 1. The molecule has 0 saturated heterocycles. The highest BCUT2D eigenvalue weighted by Crippen LogP contribution is 2.16. The fourth-order valence-corrected chi connectivity index (χ4v) is 1.81. The lowest BCUT2D eigenvalue weighted by atomic mass is 10.0. The molecule has 0 radical (unpaired) electrons.